The van der Waals surface area contributed by atoms with E-state index in [2.05, 4.69) is 18.0 Å². The van der Waals surface area contributed by atoms with Crippen molar-refractivity contribution in [1.82, 2.24) is 24.3 Å². The van der Waals surface area contributed by atoms with Gasteiger partial charge in [0.05, 0.1) is 11.2 Å². The van der Waals surface area contributed by atoms with Crippen LogP contribution in [0.15, 0.2) is 18.3 Å². The van der Waals surface area contributed by atoms with Crippen molar-refractivity contribution in [3.8, 4) is 11.5 Å². The van der Waals surface area contributed by atoms with Crippen LogP contribution in [0.2, 0.25) is 5.15 Å². The van der Waals surface area contributed by atoms with Crippen molar-refractivity contribution < 1.29 is 0 Å². The van der Waals surface area contributed by atoms with E-state index in [-0.39, 0.29) is 0 Å². The number of aryl methyl sites for hydroxylation is 2. The summed E-state index contributed by atoms with van der Waals surface area (Å²) in [5, 5.41) is 5.20. The zero-order chi connectivity index (χ0) is 14.6. The molecule has 1 aliphatic rings. The minimum atomic E-state index is 0.485. The molecule has 21 heavy (non-hydrogen) atoms. The first-order valence-electron chi connectivity index (χ1n) is 7.24. The van der Waals surface area contributed by atoms with Crippen molar-refractivity contribution in [2.45, 2.75) is 32.2 Å². The summed E-state index contributed by atoms with van der Waals surface area (Å²) in [4.78, 5) is 8.87. The zero-order valence-corrected chi connectivity index (χ0v) is 12.8. The van der Waals surface area contributed by atoms with Crippen LogP contribution in [-0.2, 0) is 13.6 Å². The molecule has 0 radical (unpaired) electrons. The number of hydrogen-bond acceptors (Lipinski definition) is 3. The van der Waals surface area contributed by atoms with Gasteiger partial charge in [0.2, 0.25) is 0 Å². The number of halogens is 1. The summed E-state index contributed by atoms with van der Waals surface area (Å²) in [7, 11) is 1.97. The fourth-order valence-corrected chi connectivity index (χ4v) is 3.06. The first-order chi connectivity index (χ1) is 10.2. The number of rotatable bonds is 3. The van der Waals surface area contributed by atoms with Crippen molar-refractivity contribution in [2.75, 3.05) is 0 Å². The van der Waals surface area contributed by atoms with Crippen molar-refractivity contribution in [3.63, 3.8) is 0 Å². The molecule has 0 aliphatic heterocycles. The van der Waals surface area contributed by atoms with Crippen LogP contribution < -0.4 is 0 Å². The molecular weight excluding hydrogens is 286 g/mol. The monoisotopic (exact) mass is 301 g/mol. The molecule has 3 aromatic rings. The lowest BCUT2D eigenvalue weighted by molar-refractivity contribution is 0.649. The highest BCUT2D eigenvalue weighted by Crippen LogP contribution is 2.40. The first kappa shape index (κ1) is 12.8. The van der Waals surface area contributed by atoms with E-state index in [1.165, 1.54) is 18.5 Å². The maximum atomic E-state index is 6.21. The van der Waals surface area contributed by atoms with Gasteiger partial charge < -0.3 is 4.57 Å². The van der Waals surface area contributed by atoms with Crippen LogP contribution in [-0.4, -0.2) is 24.3 Å². The van der Waals surface area contributed by atoms with E-state index in [4.69, 9.17) is 21.7 Å². The fourth-order valence-electron chi connectivity index (χ4n) is 2.78. The van der Waals surface area contributed by atoms with Crippen molar-refractivity contribution in [2.24, 2.45) is 7.05 Å². The van der Waals surface area contributed by atoms with Crippen LogP contribution in [0, 0.1) is 0 Å². The smallest absolute Gasteiger partial charge is 0.159 e. The molecule has 108 valence electrons. The van der Waals surface area contributed by atoms with Gasteiger partial charge in [0.15, 0.2) is 11.0 Å². The molecule has 1 fully saturated rings. The Morgan fingerprint density at radius 1 is 1.38 bits per heavy atom. The molecule has 0 bridgehead atoms. The Hall–Kier alpha value is -1.88. The highest BCUT2D eigenvalue weighted by molar-refractivity contribution is 6.33. The van der Waals surface area contributed by atoms with Crippen LogP contribution in [0.5, 0.6) is 0 Å². The molecule has 0 unspecified atom stereocenters. The normalized spacial score (nSPS) is 15.0. The summed E-state index contributed by atoms with van der Waals surface area (Å²) in [5.74, 6) is 1.53. The topological polar surface area (TPSA) is 48.5 Å². The molecule has 0 N–H and O–H groups in total. The van der Waals surface area contributed by atoms with E-state index in [1.807, 2.05) is 22.4 Å². The minimum Gasteiger partial charge on any atom is -0.323 e. The molecule has 0 saturated heterocycles. The second-order valence-corrected chi connectivity index (χ2v) is 5.87. The Kier molecular flexibility index (Phi) is 2.79. The van der Waals surface area contributed by atoms with Crippen molar-refractivity contribution >= 4 is 22.6 Å². The highest BCUT2D eigenvalue weighted by Gasteiger charge is 2.28. The maximum absolute atomic E-state index is 6.21. The third-order valence-corrected chi connectivity index (χ3v) is 4.34. The molecule has 3 aromatic heterocycles. The number of nitrogens with zero attached hydrogens (tertiary/aromatic N) is 5. The van der Waals surface area contributed by atoms with Gasteiger partial charge in [-0.15, -0.1) is 0 Å². The van der Waals surface area contributed by atoms with Gasteiger partial charge in [-0.3, -0.25) is 4.68 Å². The van der Waals surface area contributed by atoms with Gasteiger partial charge in [0, 0.05) is 25.7 Å². The van der Waals surface area contributed by atoms with Crippen LogP contribution in [0.25, 0.3) is 22.6 Å². The second-order valence-electron chi connectivity index (χ2n) is 5.51. The molecule has 0 spiro atoms. The average molecular weight is 302 g/mol. The van der Waals surface area contributed by atoms with Gasteiger partial charge in [-0.25, -0.2) is 9.97 Å². The van der Waals surface area contributed by atoms with E-state index in [0.29, 0.717) is 11.1 Å². The van der Waals surface area contributed by atoms with Crippen LogP contribution in [0.4, 0.5) is 0 Å². The lowest BCUT2D eigenvalue weighted by atomic mass is 10.2. The molecule has 1 saturated carbocycles. The second kappa shape index (κ2) is 4.56. The zero-order valence-electron chi connectivity index (χ0n) is 12.0. The molecular formula is C15H16ClN5. The SMILES string of the molecule is CCn1nc(C2CC2)cc1-c1nc2ccnc(Cl)c2n1C. The number of aromatic nitrogens is 5. The van der Waals surface area contributed by atoms with Crippen LogP contribution >= 0.6 is 11.6 Å². The Balaban J connectivity index is 1.93. The van der Waals surface area contributed by atoms with Gasteiger partial charge in [-0.1, -0.05) is 11.6 Å². The number of imidazole rings is 1. The third kappa shape index (κ3) is 1.95. The van der Waals surface area contributed by atoms with Crippen molar-refractivity contribution in [3.05, 3.63) is 29.2 Å². The minimum absolute atomic E-state index is 0.485. The predicted molar refractivity (Wildman–Crippen MR) is 82.4 cm³/mol. The van der Waals surface area contributed by atoms with Gasteiger partial charge in [0.25, 0.3) is 0 Å². The molecule has 3 heterocycles. The lowest BCUT2D eigenvalue weighted by Gasteiger charge is -2.04. The van der Waals surface area contributed by atoms with E-state index < -0.39 is 0 Å². The number of pyridine rings is 1. The van der Waals surface area contributed by atoms with E-state index in [9.17, 15) is 0 Å². The molecule has 6 heteroatoms. The summed E-state index contributed by atoms with van der Waals surface area (Å²) in [6.07, 6.45) is 4.19. The fraction of sp³-hybridized carbons (Fsp3) is 0.400. The van der Waals surface area contributed by atoms with E-state index in [0.717, 1.165) is 29.1 Å². The summed E-state index contributed by atoms with van der Waals surface area (Å²) in [6, 6.07) is 4.06. The van der Waals surface area contributed by atoms with Gasteiger partial charge in [-0.2, -0.15) is 5.10 Å². The third-order valence-electron chi connectivity index (χ3n) is 4.06. The summed E-state index contributed by atoms with van der Waals surface area (Å²) < 4.78 is 4.03. The molecule has 5 nitrogen and oxygen atoms in total. The van der Waals surface area contributed by atoms with Crippen LogP contribution in [0.3, 0.4) is 0 Å². The highest BCUT2D eigenvalue weighted by atomic mass is 35.5. The average Bonchev–Trinajstić information content (AvgIpc) is 3.15. The lowest BCUT2D eigenvalue weighted by Crippen LogP contribution is -2.03. The van der Waals surface area contributed by atoms with Gasteiger partial charge in [-0.05, 0) is 31.9 Å². The molecule has 0 aromatic carbocycles. The number of hydrogen-bond donors (Lipinski definition) is 0. The molecule has 1 aliphatic carbocycles. The summed E-state index contributed by atoms with van der Waals surface area (Å²) in [5.41, 5.74) is 3.97. The molecule has 4 rings (SSSR count). The van der Waals surface area contributed by atoms with Gasteiger partial charge >= 0.3 is 0 Å². The summed E-state index contributed by atoms with van der Waals surface area (Å²) in [6.45, 7) is 2.93. The van der Waals surface area contributed by atoms with Crippen LogP contribution in [0.1, 0.15) is 31.4 Å². The van der Waals surface area contributed by atoms with E-state index >= 15 is 0 Å². The van der Waals surface area contributed by atoms with Crippen molar-refractivity contribution in [1.29, 1.82) is 0 Å². The molecule has 0 atom stereocenters. The standard InChI is InChI=1S/C15H16ClN5/c1-3-21-12(8-11(19-21)9-4-5-9)15-18-10-6-7-17-14(16)13(10)20(15)2/h6-9H,3-5H2,1-2H3. The maximum Gasteiger partial charge on any atom is 0.159 e. The largest absolute Gasteiger partial charge is 0.323 e. The van der Waals surface area contributed by atoms with E-state index in [1.54, 1.807) is 6.20 Å². The van der Waals surface area contributed by atoms with Gasteiger partial charge in [0.1, 0.15) is 11.2 Å². The number of fused-ring (bicyclic) bond motifs is 1. The quantitative estimate of drug-likeness (QED) is 0.697. The predicted octanol–water partition coefficient (Wildman–Crippen LogP) is 3.38. The first-order valence-corrected chi connectivity index (χ1v) is 7.62. The Morgan fingerprint density at radius 3 is 2.86 bits per heavy atom. The Bertz CT molecular complexity index is 828. The summed E-state index contributed by atoms with van der Waals surface area (Å²) >= 11 is 6.21. The Morgan fingerprint density at radius 2 is 2.19 bits per heavy atom. The molecule has 0 amide bonds. The Labute approximate surface area is 127 Å².